The number of benzene rings is 1. The molecule has 0 radical (unpaired) electrons. The normalized spacial score (nSPS) is 11.0. The van der Waals surface area contributed by atoms with Crippen LogP contribution in [0.2, 0.25) is 0 Å². The van der Waals surface area contributed by atoms with Crippen molar-refractivity contribution in [1.29, 1.82) is 0 Å². The number of ether oxygens (including phenoxy) is 3. The molecule has 0 heterocycles. The number of hydrogen-bond acceptors (Lipinski definition) is 6. The first-order chi connectivity index (χ1) is 9.54. The van der Waals surface area contributed by atoms with Gasteiger partial charge in [-0.1, -0.05) is 0 Å². The third kappa shape index (κ3) is 9.43. The Bertz CT molecular complexity index is 475. The second-order valence-electron chi connectivity index (χ2n) is 3.74. The standard InChI is InChI=1S/C12H18O7S.Na.H/c13-5-6-17-7-8-18-9-10-19-11-1-3-12(4-2-11)20(14,15)16;;/h1-4,13H,5-10H2,(H,14,15,16);;. The van der Waals surface area contributed by atoms with Gasteiger partial charge in [-0.25, -0.2) is 0 Å². The van der Waals surface area contributed by atoms with E-state index < -0.39 is 10.1 Å². The van der Waals surface area contributed by atoms with Crippen molar-refractivity contribution in [3.63, 3.8) is 0 Å². The van der Waals surface area contributed by atoms with Gasteiger partial charge in [-0.2, -0.15) is 8.42 Å². The fourth-order valence-corrected chi connectivity index (χ4v) is 1.79. The monoisotopic (exact) mass is 330 g/mol. The van der Waals surface area contributed by atoms with Gasteiger partial charge in [0.1, 0.15) is 12.4 Å². The molecule has 116 valence electrons. The maximum atomic E-state index is 10.8. The van der Waals surface area contributed by atoms with Gasteiger partial charge in [-0.3, -0.25) is 4.55 Å². The Morgan fingerprint density at radius 3 is 1.95 bits per heavy atom. The summed E-state index contributed by atoms with van der Waals surface area (Å²) in [4.78, 5) is -0.179. The predicted octanol–water partition coefficient (Wildman–Crippen LogP) is -0.311. The van der Waals surface area contributed by atoms with E-state index in [-0.39, 0.29) is 41.1 Å². The number of hydrogen-bond donors (Lipinski definition) is 2. The second-order valence-corrected chi connectivity index (χ2v) is 5.16. The van der Waals surface area contributed by atoms with E-state index in [1.165, 1.54) is 24.3 Å². The molecule has 0 spiro atoms. The molecule has 9 heteroatoms. The average molecular weight is 330 g/mol. The zero-order valence-corrected chi connectivity index (χ0v) is 11.7. The molecule has 0 saturated heterocycles. The van der Waals surface area contributed by atoms with Gasteiger partial charge in [0.2, 0.25) is 0 Å². The van der Waals surface area contributed by atoms with Crippen LogP contribution in [0.4, 0.5) is 0 Å². The topological polar surface area (TPSA) is 102 Å². The Hall–Kier alpha value is -0.190. The average Bonchev–Trinajstić information content (AvgIpc) is 2.41. The molecule has 0 aliphatic heterocycles. The number of aliphatic hydroxyl groups excluding tert-OH is 1. The van der Waals surface area contributed by atoms with Gasteiger partial charge < -0.3 is 19.3 Å². The van der Waals surface area contributed by atoms with Crippen LogP contribution in [0.5, 0.6) is 5.75 Å². The zero-order chi connectivity index (χ0) is 14.8. The van der Waals surface area contributed by atoms with E-state index >= 15 is 0 Å². The molecular weight excluding hydrogens is 311 g/mol. The maximum absolute atomic E-state index is 10.8. The summed E-state index contributed by atoms with van der Waals surface area (Å²) >= 11 is 0. The molecule has 0 saturated carbocycles. The van der Waals surface area contributed by atoms with Gasteiger partial charge >= 0.3 is 29.6 Å². The van der Waals surface area contributed by atoms with Crippen LogP contribution >= 0.6 is 0 Å². The Kier molecular flexibility index (Phi) is 11.3. The quantitative estimate of drug-likeness (QED) is 0.345. The first kappa shape index (κ1) is 20.8. The van der Waals surface area contributed by atoms with E-state index in [4.69, 9.17) is 23.9 Å². The van der Waals surface area contributed by atoms with Crippen LogP contribution in [0, 0.1) is 0 Å². The Labute approximate surface area is 146 Å². The van der Waals surface area contributed by atoms with Crippen LogP contribution in [0.1, 0.15) is 0 Å². The van der Waals surface area contributed by atoms with Crippen LogP contribution in [0.25, 0.3) is 0 Å². The summed E-state index contributed by atoms with van der Waals surface area (Å²) in [5.41, 5.74) is 0. The van der Waals surface area contributed by atoms with Gasteiger partial charge in [-0.05, 0) is 24.3 Å². The Morgan fingerprint density at radius 2 is 1.43 bits per heavy atom. The second kappa shape index (κ2) is 11.4. The molecule has 1 aromatic carbocycles. The van der Waals surface area contributed by atoms with Gasteiger partial charge in [-0.15, -0.1) is 0 Å². The minimum absolute atomic E-state index is 0. The number of aliphatic hydroxyl groups is 1. The molecule has 1 rings (SSSR count). The van der Waals surface area contributed by atoms with Crippen molar-refractivity contribution >= 4 is 39.7 Å². The van der Waals surface area contributed by atoms with Crippen LogP contribution in [-0.4, -0.2) is 87.3 Å². The molecule has 1 aromatic rings. The molecule has 7 nitrogen and oxygen atoms in total. The molecule has 0 bridgehead atoms. The molecule has 0 aliphatic carbocycles. The Morgan fingerprint density at radius 1 is 0.905 bits per heavy atom. The van der Waals surface area contributed by atoms with E-state index in [2.05, 4.69) is 0 Å². The Balaban J connectivity index is 0.00000400. The van der Waals surface area contributed by atoms with E-state index in [1.807, 2.05) is 0 Å². The van der Waals surface area contributed by atoms with Crippen molar-refractivity contribution in [3.05, 3.63) is 24.3 Å². The first-order valence-corrected chi connectivity index (χ1v) is 7.45. The van der Waals surface area contributed by atoms with Crippen LogP contribution in [0.15, 0.2) is 29.2 Å². The zero-order valence-electron chi connectivity index (χ0n) is 10.9. The van der Waals surface area contributed by atoms with Crippen molar-refractivity contribution in [2.45, 2.75) is 4.90 Å². The van der Waals surface area contributed by atoms with Crippen molar-refractivity contribution in [2.75, 3.05) is 39.6 Å². The minimum atomic E-state index is -4.17. The summed E-state index contributed by atoms with van der Waals surface area (Å²) in [6, 6.07) is 5.42. The van der Waals surface area contributed by atoms with E-state index in [1.54, 1.807) is 0 Å². The predicted molar refractivity (Wildman–Crippen MR) is 77.6 cm³/mol. The molecule has 0 atom stereocenters. The van der Waals surface area contributed by atoms with Crippen LogP contribution < -0.4 is 4.74 Å². The van der Waals surface area contributed by atoms with Crippen molar-refractivity contribution < 1.29 is 32.3 Å². The molecule has 0 unspecified atom stereocenters. The summed E-state index contributed by atoms with van der Waals surface area (Å²) in [5.74, 6) is 0.484. The summed E-state index contributed by atoms with van der Waals surface area (Å²) in [6.07, 6.45) is 0. The molecule has 0 aromatic heterocycles. The third-order valence-corrected chi connectivity index (χ3v) is 3.09. The van der Waals surface area contributed by atoms with Crippen LogP contribution in [0.3, 0.4) is 0 Å². The van der Waals surface area contributed by atoms with Gasteiger partial charge in [0, 0.05) is 0 Å². The summed E-state index contributed by atoms with van der Waals surface area (Å²) in [5, 5.41) is 8.46. The van der Waals surface area contributed by atoms with Gasteiger partial charge in [0.15, 0.2) is 0 Å². The summed E-state index contributed by atoms with van der Waals surface area (Å²) < 4.78 is 46.0. The van der Waals surface area contributed by atoms with Gasteiger partial charge in [0.25, 0.3) is 10.1 Å². The van der Waals surface area contributed by atoms with E-state index in [0.717, 1.165) is 0 Å². The SMILES string of the molecule is O=S(=O)(O)c1ccc(OCCOCCOCCO)cc1.[NaH]. The third-order valence-electron chi connectivity index (χ3n) is 2.23. The van der Waals surface area contributed by atoms with Gasteiger partial charge in [0.05, 0.1) is 37.9 Å². The number of rotatable bonds is 10. The molecule has 21 heavy (non-hydrogen) atoms. The molecule has 0 fully saturated rings. The van der Waals surface area contributed by atoms with Crippen molar-refractivity contribution in [2.24, 2.45) is 0 Å². The fraction of sp³-hybridized carbons (Fsp3) is 0.500. The molecular formula is C12H19NaO7S. The van der Waals surface area contributed by atoms with Crippen molar-refractivity contribution in [3.8, 4) is 5.75 Å². The van der Waals surface area contributed by atoms with E-state index in [0.29, 0.717) is 38.8 Å². The van der Waals surface area contributed by atoms with Crippen LogP contribution in [-0.2, 0) is 19.6 Å². The molecule has 0 amide bonds. The fourth-order valence-electron chi connectivity index (χ4n) is 1.31. The molecule has 0 aliphatic rings. The first-order valence-electron chi connectivity index (χ1n) is 6.01. The van der Waals surface area contributed by atoms with Crippen molar-refractivity contribution in [1.82, 2.24) is 0 Å². The van der Waals surface area contributed by atoms with E-state index in [9.17, 15) is 8.42 Å². The summed E-state index contributed by atoms with van der Waals surface area (Å²) in [6.45, 7) is 1.77. The molecule has 2 N–H and O–H groups in total. The summed E-state index contributed by atoms with van der Waals surface area (Å²) in [7, 11) is -4.17.